The van der Waals surface area contributed by atoms with Crippen molar-refractivity contribution in [3.63, 3.8) is 0 Å². The number of fused-ring (bicyclic) bond motifs is 1. The Morgan fingerprint density at radius 3 is 3.07 bits per heavy atom. The first-order valence-electron chi connectivity index (χ1n) is 4.95. The van der Waals surface area contributed by atoms with Crippen LogP contribution >= 0.6 is 0 Å². The van der Waals surface area contributed by atoms with E-state index in [4.69, 9.17) is 4.74 Å². The topological polar surface area (TPSA) is 9.23 Å². The lowest BCUT2D eigenvalue weighted by Crippen LogP contribution is -2.09. The molecule has 0 saturated heterocycles. The van der Waals surface area contributed by atoms with Crippen LogP contribution in [0.3, 0.4) is 0 Å². The van der Waals surface area contributed by atoms with Crippen LogP contribution in [0.2, 0.25) is 0 Å². The molecule has 1 aliphatic carbocycles. The van der Waals surface area contributed by atoms with E-state index in [9.17, 15) is 0 Å². The summed E-state index contributed by atoms with van der Waals surface area (Å²) in [5, 5.41) is 0. The summed E-state index contributed by atoms with van der Waals surface area (Å²) in [5.41, 5.74) is 2.52. The monoisotopic (exact) mass is 183 g/mol. The summed E-state index contributed by atoms with van der Waals surface area (Å²) in [6.07, 6.45) is 8.70. The highest BCUT2D eigenvalue weighted by Gasteiger charge is 2.19. The normalized spacial score (nSPS) is 18.6. The maximum atomic E-state index is 5.80. The molecule has 0 bridgehead atoms. The fraction of sp³-hybridized carbons (Fsp3) is 0.154. The quantitative estimate of drug-likeness (QED) is 0.600. The lowest BCUT2D eigenvalue weighted by atomic mass is 9.94. The van der Waals surface area contributed by atoms with Gasteiger partial charge >= 0.3 is 0 Å². The van der Waals surface area contributed by atoms with Gasteiger partial charge in [-0.05, 0) is 30.6 Å². The number of hydrogen-bond donors (Lipinski definition) is 0. The second-order valence-electron chi connectivity index (χ2n) is 3.61. The lowest BCUT2D eigenvalue weighted by molar-refractivity contribution is 0.422. The number of rotatable bonds is 0. The molecule has 2 aliphatic rings. The highest BCUT2D eigenvalue weighted by Crippen LogP contribution is 2.35. The van der Waals surface area contributed by atoms with E-state index in [-0.39, 0.29) is 0 Å². The summed E-state index contributed by atoms with van der Waals surface area (Å²) in [5.74, 6) is 1.99. The molecule has 14 heavy (non-hydrogen) atoms. The summed E-state index contributed by atoms with van der Waals surface area (Å²) in [6.45, 7) is 0. The van der Waals surface area contributed by atoms with Crippen molar-refractivity contribution < 1.29 is 4.74 Å². The first-order chi connectivity index (χ1) is 6.93. The molecule has 0 aromatic heterocycles. The van der Waals surface area contributed by atoms with Crippen molar-refractivity contribution >= 4 is 0 Å². The fourth-order valence-electron chi connectivity index (χ4n) is 1.90. The highest BCUT2D eigenvalue weighted by atomic mass is 16.5. The number of ether oxygens (including phenoxy) is 1. The van der Waals surface area contributed by atoms with Crippen LogP contribution in [0.4, 0.5) is 0 Å². The summed E-state index contributed by atoms with van der Waals surface area (Å²) >= 11 is 0. The highest BCUT2D eigenvalue weighted by molar-refractivity contribution is 5.51. The van der Waals surface area contributed by atoms with E-state index in [0.29, 0.717) is 0 Å². The van der Waals surface area contributed by atoms with Gasteiger partial charge in [0, 0.05) is 12.0 Å². The molecule has 1 aromatic rings. The maximum Gasteiger partial charge on any atom is 0.131 e. The molecule has 0 spiro atoms. The molecule has 1 heteroatoms. The van der Waals surface area contributed by atoms with Crippen molar-refractivity contribution in [3.8, 4) is 5.75 Å². The van der Waals surface area contributed by atoms with E-state index in [0.717, 1.165) is 24.4 Å². The Hall–Kier alpha value is -1.50. The molecule has 1 radical (unpaired) electrons. The average molecular weight is 183 g/mol. The zero-order valence-electron chi connectivity index (χ0n) is 7.86. The Morgan fingerprint density at radius 2 is 2.07 bits per heavy atom. The van der Waals surface area contributed by atoms with Crippen molar-refractivity contribution in [2.75, 3.05) is 0 Å². The van der Waals surface area contributed by atoms with Gasteiger partial charge in [0.15, 0.2) is 0 Å². The Balaban J connectivity index is 2.03. The second-order valence-corrected chi connectivity index (χ2v) is 3.61. The Kier molecular flexibility index (Phi) is 1.69. The summed E-state index contributed by atoms with van der Waals surface area (Å²) in [6, 6.07) is 8.16. The van der Waals surface area contributed by atoms with Gasteiger partial charge in [0.05, 0.1) is 0 Å². The molecular weight excluding hydrogens is 172 g/mol. The van der Waals surface area contributed by atoms with E-state index in [2.05, 4.69) is 24.6 Å². The van der Waals surface area contributed by atoms with Crippen LogP contribution in [0.15, 0.2) is 47.7 Å². The van der Waals surface area contributed by atoms with Crippen molar-refractivity contribution in [2.24, 2.45) is 0 Å². The molecule has 1 heterocycles. The first-order valence-corrected chi connectivity index (χ1v) is 4.95. The van der Waals surface area contributed by atoms with Gasteiger partial charge < -0.3 is 4.74 Å². The minimum Gasteiger partial charge on any atom is -0.457 e. The number of para-hydroxylation sites is 1. The van der Waals surface area contributed by atoms with E-state index < -0.39 is 0 Å². The van der Waals surface area contributed by atoms with Crippen LogP contribution in [0.1, 0.15) is 18.4 Å². The molecule has 0 unspecified atom stereocenters. The van der Waals surface area contributed by atoms with Gasteiger partial charge in [-0.2, -0.15) is 0 Å². The molecule has 0 amide bonds. The molecule has 0 atom stereocenters. The van der Waals surface area contributed by atoms with Crippen molar-refractivity contribution in [3.05, 3.63) is 59.7 Å². The maximum absolute atomic E-state index is 5.80. The fourth-order valence-corrected chi connectivity index (χ4v) is 1.90. The average Bonchev–Trinajstić information content (AvgIpc) is 2.26. The Labute approximate surface area is 83.7 Å². The van der Waals surface area contributed by atoms with Crippen LogP contribution in [0.25, 0.3) is 0 Å². The third kappa shape index (κ3) is 1.17. The van der Waals surface area contributed by atoms with E-state index >= 15 is 0 Å². The minimum absolute atomic E-state index is 0.970. The van der Waals surface area contributed by atoms with Crippen molar-refractivity contribution in [1.82, 2.24) is 0 Å². The molecular formula is C13H11O. The van der Waals surface area contributed by atoms with Crippen molar-refractivity contribution in [2.45, 2.75) is 12.8 Å². The molecule has 1 aliphatic heterocycles. The zero-order chi connectivity index (χ0) is 9.38. The smallest absolute Gasteiger partial charge is 0.131 e. The van der Waals surface area contributed by atoms with Gasteiger partial charge in [0.1, 0.15) is 11.5 Å². The molecule has 0 fully saturated rings. The molecule has 3 rings (SSSR count). The van der Waals surface area contributed by atoms with E-state index in [1.807, 2.05) is 18.2 Å². The van der Waals surface area contributed by atoms with Gasteiger partial charge in [-0.15, -0.1) is 0 Å². The SMILES string of the molecule is [CH]1C2=C(C=CCC2)Oc2ccccc21. The summed E-state index contributed by atoms with van der Waals surface area (Å²) < 4.78 is 5.80. The number of benzene rings is 1. The molecule has 1 nitrogen and oxygen atoms in total. The van der Waals surface area contributed by atoms with Crippen LogP contribution in [-0.4, -0.2) is 0 Å². The van der Waals surface area contributed by atoms with Gasteiger partial charge in [0.2, 0.25) is 0 Å². The molecule has 0 saturated carbocycles. The van der Waals surface area contributed by atoms with E-state index in [1.165, 1.54) is 11.1 Å². The third-order valence-corrected chi connectivity index (χ3v) is 2.63. The lowest BCUT2D eigenvalue weighted by Gasteiger charge is -2.23. The van der Waals surface area contributed by atoms with Crippen LogP contribution in [-0.2, 0) is 0 Å². The summed E-state index contributed by atoms with van der Waals surface area (Å²) in [4.78, 5) is 0. The first kappa shape index (κ1) is 7.86. The third-order valence-electron chi connectivity index (χ3n) is 2.63. The standard InChI is InChI=1S/C13H11O/c1-3-7-12-10(5-1)9-11-6-2-4-8-13(11)14-12/h1,3-5,7-9H,2,6H2. The largest absolute Gasteiger partial charge is 0.457 e. The molecule has 1 aromatic carbocycles. The van der Waals surface area contributed by atoms with Crippen molar-refractivity contribution in [1.29, 1.82) is 0 Å². The number of allylic oxidation sites excluding steroid dienone is 3. The molecule has 0 N–H and O–H groups in total. The molecule has 69 valence electrons. The Bertz CT molecular complexity index is 427. The van der Waals surface area contributed by atoms with Gasteiger partial charge in [-0.3, -0.25) is 0 Å². The number of hydrogen-bond acceptors (Lipinski definition) is 1. The minimum atomic E-state index is 0.970. The summed E-state index contributed by atoms with van der Waals surface area (Å²) in [7, 11) is 0. The Morgan fingerprint density at radius 1 is 1.14 bits per heavy atom. The predicted octanol–water partition coefficient (Wildman–Crippen LogP) is 3.24. The van der Waals surface area contributed by atoms with Crippen LogP contribution in [0.5, 0.6) is 5.75 Å². The second kappa shape index (κ2) is 3.02. The van der Waals surface area contributed by atoms with Gasteiger partial charge in [0.25, 0.3) is 0 Å². The van der Waals surface area contributed by atoms with Crippen LogP contribution < -0.4 is 4.74 Å². The predicted molar refractivity (Wildman–Crippen MR) is 55.9 cm³/mol. The zero-order valence-corrected chi connectivity index (χ0v) is 7.86. The van der Waals surface area contributed by atoms with Gasteiger partial charge in [-0.25, -0.2) is 0 Å². The van der Waals surface area contributed by atoms with Crippen LogP contribution in [0, 0.1) is 6.42 Å². The van der Waals surface area contributed by atoms with E-state index in [1.54, 1.807) is 0 Å². The van der Waals surface area contributed by atoms with Gasteiger partial charge in [-0.1, -0.05) is 24.3 Å².